The van der Waals surface area contributed by atoms with Gasteiger partial charge in [0.05, 0.1) is 6.61 Å². The van der Waals surface area contributed by atoms with E-state index in [1.165, 1.54) is 0 Å². The molecule has 1 aromatic rings. The van der Waals surface area contributed by atoms with Crippen LogP contribution in [-0.4, -0.2) is 21.5 Å². The summed E-state index contributed by atoms with van der Waals surface area (Å²) < 4.78 is 11.8. The third-order valence-electron chi connectivity index (χ3n) is 2.55. The van der Waals surface area contributed by atoms with Crippen molar-refractivity contribution in [2.24, 2.45) is 0 Å². The molecule has 0 aliphatic carbocycles. The highest BCUT2D eigenvalue weighted by Crippen LogP contribution is 2.29. The van der Waals surface area contributed by atoms with Gasteiger partial charge in [0.15, 0.2) is 13.9 Å². The Balaban J connectivity index is 3.04. The standard InChI is InChI=1S/C15H23NO2Si/c1-5-11-17-13-15(12-16,18-19(2,3)4)14-9-7-6-8-10-14/h6-10H,5,11,13H2,1-4H3/t15-/m0/s1. The molecule has 0 spiro atoms. The fourth-order valence-electron chi connectivity index (χ4n) is 1.88. The maximum Gasteiger partial charge on any atom is 0.193 e. The Morgan fingerprint density at radius 3 is 2.32 bits per heavy atom. The quantitative estimate of drug-likeness (QED) is 0.564. The molecule has 0 unspecified atom stereocenters. The van der Waals surface area contributed by atoms with Gasteiger partial charge >= 0.3 is 0 Å². The van der Waals surface area contributed by atoms with Crippen LogP contribution < -0.4 is 0 Å². The van der Waals surface area contributed by atoms with E-state index in [0.717, 1.165) is 12.0 Å². The molecule has 0 aromatic heterocycles. The van der Waals surface area contributed by atoms with Gasteiger partial charge in [0.1, 0.15) is 6.07 Å². The molecule has 1 atom stereocenters. The van der Waals surface area contributed by atoms with Crippen LogP contribution in [0.25, 0.3) is 0 Å². The van der Waals surface area contributed by atoms with E-state index in [1.807, 2.05) is 30.3 Å². The average Bonchev–Trinajstić information content (AvgIpc) is 2.37. The zero-order valence-corrected chi connectivity index (χ0v) is 13.3. The lowest BCUT2D eigenvalue weighted by Gasteiger charge is -2.33. The largest absolute Gasteiger partial charge is 0.395 e. The molecule has 0 saturated carbocycles. The number of nitrogens with zero attached hydrogens (tertiary/aromatic N) is 1. The van der Waals surface area contributed by atoms with E-state index in [1.54, 1.807) is 0 Å². The topological polar surface area (TPSA) is 42.2 Å². The number of ether oxygens (including phenoxy) is 1. The van der Waals surface area contributed by atoms with Gasteiger partial charge in [-0.2, -0.15) is 5.26 Å². The first-order valence-electron chi connectivity index (χ1n) is 6.68. The SMILES string of the molecule is CCCOC[C@](C#N)(O[Si](C)(C)C)c1ccccc1. The van der Waals surface area contributed by atoms with Gasteiger partial charge in [-0.15, -0.1) is 0 Å². The van der Waals surface area contributed by atoms with Crippen molar-refractivity contribution >= 4 is 8.32 Å². The normalized spacial score (nSPS) is 14.7. The van der Waals surface area contributed by atoms with Gasteiger partial charge in [-0.1, -0.05) is 37.3 Å². The predicted octanol–water partition coefficient (Wildman–Crippen LogP) is 3.68. The van der Waals surface area contributed by atoms with Crippen molar-refractivity contribution in [2.75, 3.05) is 13.2 Å². The smallest absolute Gasteiger partial charge is 0.193 e. The van der Waals surface area contributed by atoms with Crippen molar-refractivity contribution in [1.82, 2.24) is 0 Å². The molecule has 0 N–H and O–H groups in total. The summed E-state index contributed by atoms with van der Waals surface area (Å²) in [6.07, 6.45) is 0.934. The first-order chi connectivity index (χ1) is 8.93. The molecule has 0 heterocycles. The fourth-order valence-corrected chi connectivity index (χ4v) is 3.15. The lowest BCUT2D eigenvalue weighted by atomic mass is 9.96. The number of rotatable bonds is 7. The molecule has 0 aliphatic heterocycles. The molecule has 19 heavy (non-hydrogen) atoms. The van der Waals surface area contributed by atoms with Crippen LogP contribution >= 0.6 is 0 Å². The van der Waals surface area contributed by atoms with E-state index in [-0.39, 0.29) is 6.61 Å². The molecular weight excluding hydrogens is 254 g/mol. The molecule has 0 saturated heterocycles. The summed E-state index contributed by atoms with van der Waals surface area (Å²) >= 11 is 0. The van der Waals surface area contributed by atoms with Crippen LogP contribution in [0.5, 0.6) is 0 Å². The first kappa shape index (κ1) is 15.9. The summed E-state index contributed by atoms with van der Waals surface area (Å²) in [5.41, 5.74) is -0.114. The summed E-state index contributed by atoms with van der Waals surface area (Å²) in [7, 11) is -1.86. The molecule has 104 valence electrons. The summed E-state index contributed by atoms with van der Waals surface area (Å²) in [6, 6.07) is 12.0. The lowest BCUT2D eigenvalue weighted by molar-refractivity contribution is 0.00106. The Bertz CT molecular complexity index is 422. The molecule has 3 nitrogen and oxygen atoms in total. The van der Waals surface area contributed by atoms with Gasteiger partial charge in [0, 0.05) is 6.61 Å². The minimum Gasteiger partial charge on any atom is -0.395 e. The van der Waals surface area contributed by atoms with E-state index in [2.05, 4.69) is 32.6 Å². The highest BCUT2D eigenvalue weighted by molar-refractivity contribution is 6.69. The van der Waals surface area contributed by atoms with E-state index >= 15 is 0 Å². The monoisotopic (exact) mass is 277 g/mol. The van der Waals surface area contributed by atoms with Crippen molar-refractivity contribution in [2.45, 2.75) is 38.6 Å². The Morgan fingerprint density at radius 1 is 1.21 bits per heavy atom. The highest BCUT2D eigenvalue weighted by Gasteiger charge is 2.38. The maximum atomic E-state index is 9.66. The van der Waals surface area contributed by atoms with Gasteiger partial charge in [0.25, 0.3) is 0 Å². The molecule has 0 aliphatic rings. The van der Waals surface area contributed by atoms with E-state index in [9.17, 15) is 5.26 Å². The van der Waals surface area contributed by atoms with Crippen molar-refractivity contribution in [3.63, 3.8) is 0 Å². The fraction of sp³-hybridized carbons (Fsp3) is 0.533. The van der Waals surface area contributed by atoms with Gasteiger partial charge in [-0.05, 0) is 31.6 Å². The second-order valence-corrected chi connectivity index (χ2v) is 10.0. The van der Waals surface area contributed by atoms with E-state index in [4.69, 9.17) is 9.16 Å². The second kappa shape index (κ2) is 6.85. The summed E-state index contributed by atoms with van der Waals surface area (Å²) in [6.45, 7) is 9.23. The molecule has 0 amide bonds. The van der Waals surface area contributed by atoms with Gasteiger partial charge in [-0.25, -0.2) is 0 Å². The first-order valence-corrected chi connectivity index (χ1v) is 10.1. The average molecular weight is 277 g/mol. The molecule has 1 rings (SSSR count). The number of hydrogen-bond donors (Lipinski definition) is 0. The molecular formula is C15H23NO2Si. The van der Waals surface area contributed by atoms with Crippen molar-refractivity contribution in [1.29, 1.82) is 5.26 Å². The summed E-state index contributed by atoms with van der Waals surface area (Å²) in [5, 5.41) is 9.66. The van der Waals surface area contributed by atoms with Gasteiger partial charge in [0.2, 0.25) is 0 Å². The van der Waals surface area contributed by atoms with Crippen LogP contribution in [0.4, 0.5) is 0 Å². The second-order valence-electron chi connectivity index (χ2n) is 5.57. The Labute approximate surface area is 117 Å². The Morgan fingerprint density at radius 2 is 1.84 bits per heavy atom. The summed E-state index contributed by atoms with van der Waals surface area (Å²) in [5.74, 6) is 0. The zero-order chi connectivity index (χ0) is 14.4. The van der Waals surface area contributed by atoms with Crippen LogP contribution in [-0.2, 0) is 14.8 Å². The van der Waals surface area contributed by atoms with Crippen LogP contribution in [0, 0.1) is 11.3 Å². The number of hydrogen-bond acceptors (Lipinski definition) is 3. The third kappa shape index (κ3) is 4.79. The minimum absolute atomic E-state index is 0.283. The van der Waals surface area contributed by atoms with Crippen LogP contribution in [0.15, 0.2) is 30.3 Å². The maximum absolute atomic E-state index is 9.66. The minimum atomic E-state index is -1.86. The van der Waals surface area contributed by atoms with Crippen molar-refractivity contribution < 1.29 is 9.16 Å². The molecule has 0 bridgehead atoms. The number of benzene rings is 1. The number of nitriles is 1. The Hall–Kier alpha value is -1.15. The van der Waals surface area contributed by atoms with Crippen LogP contribution in [0.1, 0.15) is 18.9 Å². The predicted molar refractivity (Wildman–Crippen MR) is 79.3 cm³/mol. The molecule has 0 fully saturated rings. The molecule has 0 radical (unpaired) electrons. The van der Waals surface area contributed by atoms with E-state index in [0.29, 0.717) is 6.61 Å². The van der Waals surface area contributed by atoms with Crippen LogP contribution in [0.3, 0.4) is 0 Å². The van der Waals surface area contributed by atoms with Crippen molar-refractivity contribution in [3.8, 4) is 6.07 Å². The Kier molecular flexibility index (Phi) is 5.74. The third-order valence-corrected chi connectivity index (χ3v) is 3.52. The van der Waals surface area contributed by atoms with Crippen LogP contribution in [0.2, 0.25) is 19.6 Å². The highest BCUT2D eigenvalue weighted by atomic mass is 28.4. The summed E-state index contributed by atoms with van der Waals surface area (Å²) in [4.78, 5) is 0. The van der Waals surface area contributed by atoms with Gasteiger partial charge in [-0.3, -0.25) is 0 Å². The molecule has 4 heteroatoms. The zero-order valence-electron chi connectivity index (χ0n) is 12.3. The molecule has 1 aromatic carbocycles. The van der Waals surface area contributed by atoms with Gasteiger partial charge < -0.3 is 9.16 Å². The van der Waals surface area contributed by atoms with E-state index < -0.39 is 13.9 Å². The van der Waals surface area contributed by atoms with Crippen molar-refractivity contribution in [3.05, 3.63) is 35.9 Å². The lowest BCUT2D eigenvalue weighted by Crippen LogP contribution is -2.43.